The van der Waals surface area contributed by atoms with E-state index in [1.54, 1.807) is 6.92 Å². The Morgan fingerprint density at radius 3 is 2.59 bits per heavy atom. The third kappa shape index (κ3) is 5.58. The molecule has 2 N–H and O–H groups in total. The molecule has 0 spiro atoms. The molecular formula is C16H24F2N2O2. The highest BCUT2D eigenvalue weighted by Gasteiger charge is 2.33. The van der Waals surface area contributed by atoms with Crippen molar-refractivity contribution in [3.63, 3.8) is 0 Å². The molecule has 6 heteroatoms. The normalized spacial score (nSPS) is 18.5. The Bertz CT molecular complexity index is 503. The van der Waals surface area contributed by atoms with Gasteiger partial charge in [-0.15, -0.1) is 0 Å². The Kier molecular flexibility index (Phi) is 5.85. The van der Waals surface area contributed by atoms with Crippen LogP contribution < -0.4 is 5.32 Å². The van der Waals surface area contributed by atoms with Gasteiger partial charge in [-0.1, -0.05) is 6.08 Å². The number of allylic oxidation sites excluding steroid dienone is 2. The van der Waals surface area contributed by atoms with Gasteiger partial charge in [-0.25, -0.2) is 13.6 Å². The zero-order chi connectivity index (χ0) is 17.0. The highest BCUT2D eigenvalue weighted by atomic mass is 19.3. The van der Waals surface area contributed by atoms with Crippen LogP contribution in [0.2, 0.25) is 0 Å². The van der Waals surface area contributed by atoms with Crippen molar-refractivity contribution in [3.8, 4) is 0 Å². The summed E-state index contributed by atoms with van der Waals surface area (Å²) in [6, 6.07) is 0. The molecule has 0 aromatic carbocycles. The Labute approximate surface area is 130 Å². The summed E-state index contributed by atoms with van der Waals surface area (Å²) >= 11 is 0. The minimum atomic E-state index is -2.72. The summed E-state index contributed by atoms with van der Waals surface area (Å²) in [6.07, 6.45) is 2.17. The van der Waals surface area contributed by atoms with Crippen LogP contribution >= 0.6 is 0 Å². The fraction of sp³-hybridized carbons (Fsp3) is 0.625. The summed E-state index contributed by atoms with van der Waals surface area (Å²) in [6.45, 7) is 7.61. The monoisotopic (exact) mass is 314 g/mol. The number of rotatable bonds is 5. The molecule has 22 heavy (non-hydrogen) atoms. The molecule has 0 heterocycles. The molecule has 1 rings (SSSR count). The summed E-state index contributed by atoms with van der Waals surface area (Å²) in [4.78, 5) is 12.0. The Morgan fingerprint density at radius 1 is 1.50 bits per heavy atom. The quantitative estimate of drug-likeness (QED) is 0.463. The van der Waals surface area contributed by atoms with E-state index < -0.39 is 18.3 Å². The Hall–Kier alpha value is -1.72. The number of alkyl halides is 2. The van der Waals surface area contributed by atoms with Gasteiger partial charge in [-0.05, 0) is 39.7 Å². The van der Waals surface area contributed by atoms with E-state index in [4.69, 9.17) is 10.1 Å². The maximum absolute atomic E-state index is 13.2. The van der Waals surface area contributed by atoms with Crippen LogP contribution in [0.5, 0.6) is 0 Å². The van der Waals surface area contributed by atoms with Gasteiger partial charge in [0.05, 0.1) is 12.3 Å². The number of halogens is 2. The van der Waals surface area contributed by atoms with Crippen LogP contribution in [0.15, 0.2) is 23.4 Å². The Morgan fingerprint density at radius 2 is 2.14 bits per heavy atom. The van der Waals surface area contributed by atoms with Gasteiger partial charge in [0.2, 0.25) is 0 Å². The van der Waals surface area contributed by atoms with Crippen molar-refractivity contribution < 1.29 is 18.3 Å². The van der Waals surface area contributed by atoms with E-state index in [9.17, 15) is 13.6 Å². The van der Waals surface area contributed by atoms with Gasteiger partial charge in [0.15, 0.2) is 0 Å². The average Bonchev–Trinajstić information content (AvgIpc) is 2.37. The van der Waals surface area contributed by atoms with Gasteiger partial charge in [0, 0.05) is 24.6 Å². The first-order valence-corrected chi connectivity index (χ1v) is 7.37. The molecule has 0 bridgehead atoms. The zero-order valence-electron chi connectivity index (χ0n) is 13.6. The maximum atomic E-state index is 13.2. The second-order valence-electron chi connectivity index (χ2n) is 6.34. The lowest BCUT2D eigenvalue weighted by molar-refractivity contribution is -0.137. The number of hydrogen-bond donors (Lipinski definition) is 2. The smallest absolute Gasteiger partial charge is 0.341 e. The molecule has 0 radical (unpaired) electrons. The van der Waals surface area contributed by atoms with E-state index in [2.05, 4.69) is 5.32 Å². The van der Waals surface area contributed by atoms with Crippen LogP contribution in [-0.4, -0.2) is 29.7 Å². The predicted octanol–water partition coefficient (Wildman–Crippen LogP) is 3.59. The fourth-order valence-electron chi connectivity index (χ4n) is 1.92. The van der Waals surface area contributed by atoms with E-state index in [0.717, 1.165) is 0 Å². The highest BCUT2D eigenvalue weighted by molar-refractivity contribution is 6.25. The average molecular weight is 314 g/mol. The van der Waals surface area contributed by atoms with Crippen LogP contribution in [0, 0.1) is 5.41 Å². The van der Waals surface area contributed by atoms with Gasteiger partial charge in [-0.2, -0.15) is 0 Å². The molecule has 0 fully saturated rings. The van der Waals surface area contributed by atoms with Crippen molar-refractivity contribution in [1.82, 2.24) is 5.32 Å². The van der Waals surface area contributed by atoms with Crippen molar-refractivity contribution in [1.29, 1.82) is 5.41 Å². The lowest BCUT2D eigenvalue weighted by atomic mass is 9.90. The van der Waals surface area contributed by atoms with Crippen LogP contribution in [0.3, 0.4) is 0 Å². The van der Waals surface area contributed by atoms with Crippen molar-refractivity contribution in [3.05, 3.63) is 23.4 Å². The Balaban J connectivity index is 2.98. The third-order valence-corrected chi connectivity index (χ3v) is 3.14. The fourth-order valence-corrected chi connectivity index (χ4v) is 1.92. The van der Waals surface area contributed by atoms with Gasteiger partial charge >= 0.3 is 5.97 Å². The minimum absolute atomic E-state index is 0.0503. The van der Waals surface area contributed by atoms with Gasteiger partial charge < -0.3 is 10.1 Å². The molecule has 0 aromatic heterocycles. The molecule has 1 aliphatic carbocycles. The number of carbonyl (C=O) groups is 1. The standard InChI is InChI=1S/C16H24F2N2O2/c1-5-22-14(21)12(10-20-15(2,3)4)13(19)11-6-8-16(17,18)9-7-11/h6,10,19-20H,5,7-9H2,1-4H3/b12-10+,19-13?. The van der Waals surface area contributed by atoms with Crippen molar-refractivity contribution in [2.24, 2.45) is 0 Å². The predicted molar refractivity (Wildman–Crippen MR) is 82.2 cm³/mol. The SMILES string of the molecule is CCOC(=O)/C(=C/NC(C)(C)C)C(=N)C1=CCC(F)(F)CC1. The van der Waals surface area contributed by atoms with Crippen molar-refractivity contribution >= 4 is 11.7 Å². The molecule has 0 unspecified atom stereocenters. The number of ether oxygens (including phenoxy) is 1. The largest absolute Gasteiger partial charge is 0.462 e. The maximum Gasteiger partial charge on any atom is 0.341 e. The molecule has 0 atom stereocenters. The van der Waals surface area contributed by atoms with E-state index in [1.165, 1.54) is 12.3 Å². The minimum Gasteiger partial charge on any atom is -0.462 e. The summed E-state index contributed by atoms with van der Waals surface area (Å²) < 4.78 is 31.3. The summed E-state index contributed by atoms with van der Waals surface area (Å²) in [7, 11) is 0. The van der Waals surface area contributed by atoms with Crippen LogP contribution in [-0.2, 0) is 9.53 Å². The van der Waals surface area contributed by atoms with Crippen LogP contribution in [0.1, 0.15) is 47.0 Å². The molecule has 0 aromatic rings. The third-order valence-electron chi connectivity index (χ3n) is 3.14. The molecule has 0 aliphatic heterocycles. The highest BCUT2D eigenvalue weighted by Crippen LogP contribution is 2.33. The molecule has 4 nitrogen and oxygen atoms in total. The molecule has 124 valence electrons. The van der Waals surface area contributed by atoms with Crippen LogP contribution in [0.4, 0.5) is 8.78 Å². The van der Waals surface area contributed by atoms with E-state index in [0.29, 0.717) is 5.57 Å². The van der Waals surface area contributed by atoms with E-state index >= 15 is 0 Å². The molecule has 0 amide bonds. The van der Waals surface area contributed by atoms with Crippen LogP contribution in [0.25, 0.3) is 0 Å². The molecule has 0 saturated carbocycles. The number of carbonyl (C=O) groups excluding carboxylic acids is 1. The second kappa shape index (κ2) is 7.03. The van der Waals surface area contributed by atoms with Crippen molar-refractivity contribution in [2.45, 2.75) is 58.4 Å². The summed E-state index contributed by atoms with van der Waals surface area (Å²) in [5.41, 5.74) is 0.186. The second-order valence-corrected chi connectivity index (χ2v) is 6.34. The molecule has 0 saturated heterocycles. The summed E-state index contributed by atoms with van der Waals surface area (Å²) in [5.74, 6) is -3.34. The number of nitrogens with one attached hydrogen (secondary N) is 2. The first-order chi connectivity index (χ1) is 10.1. The lowest BCUT2D eigenvalue weighted by Gasteiger charge is -2.23. The van der Waals surface area contributed by atoms with Gasteiger partial charge in [-0.3, -0.25) is 5.41 Å². The van der Waals surface area contributed by atoms with Gasteiger partial charge in [0.25, 0.3) is 5.92 Å². The number of esters is 1. The molecule has 1 aliphatic rings. The van der Waals surface area contributed by atoms with E-state index in [1.807, 2.05) is 20.8 Å². The van der Waals surface area contributed by atoms with Crippen molar-refractivity contribution in [2.75, 3.05) is 6.61 Å². The zero-order valence-corrected chi connectivity index (χ0v) is 13.6. The first kappa shape index (κ1) is 18.3. The number of hydrogen-bond acceptors (Lipinski definition) is 4. The summed E-state index contributed by atoms with van der Waals surface area (Å²) in [5, 5.41) is 11.2. The first-order valence-electron chi connectivity index (χ1n) is 7.37. The van der Waals surface area contributed by atoms with Gasteiger partial charge in [0.1, 0.15) is 5.57 Å². The van der Waals surface area contributed by atoms with E-state index in [-0.39, 0.29) is 36.3 Å². The molecular weight excluding hydrogens is 290 g/mol. The topological polar surface area (TPSA) is 62.2 Å². The lowest BCUT2D eigenvalue weighted by Crippen LogP contribution is -2.33.